The first-order chi connectivity index (χ1) is 9.56. The van der Waals surface area contributed by atoms with E-state index in [0.29, 0.717) is 6.54 Å². The van der Waals surface area contributed by atoms with Crippen molar-refractivity contribution >= 4 is 28.9 Å². The molecule has 0 atom stereocenters. The molecule has 0 saturated heterocycles. The van der Waals surface area contributed by atoms with Gasteiger partial charge in [-0.15, -0.1) is 0 Å². The molecule has 1 aromatic carbocycles. The van der Waals surface area contributed by atoms with Gasteiger partial charge in [-0.05, 0) is 20.8 Å². The smallest absolute Gasteiger partial charge is 0.338 e. The SMILES string of the molecule is CCN(CC(C)(C)O)c1c(Cl)cc([N+](=O)[O-])cc1C(=O)O. The number of anilines is 1. The van der Waals surface area contributed by atoms with Crippen molar-refractivity contribution in [3.63, 3.8) is 0 Å². The third-order valence-electron chi connectivity index (χ3n) is 2.77. The normalized spacial score (nSPS) is 11.3. The second-order valence-corrected chi connectivity index (χ2v) is 5.62. The van der Waals surface area contributed by atoms with Crippen molar-refractivity contribution in [1.29, 1.82) is 0 Å². The third-order valence-corrected chi connectivity index (χ3v) is 3.05. The molecule has 21 heavy (non-hydrogen) atoms. The number of likely N-dealkylation sites (N-methyl/N-ethyl adjacent to an activating group) is 1. The Kier molecular flexibility index (Phi) is 5.14. The van der Waals surface area contributed by atoms with Crippen LogP contribution >= 0.6 is 11.6 Å². The van der Waals surface area contributed by atoms with E-state index in [9.17, 15) is 25.1 Å². The summed E-state index contributed by atoms with van der Waals surface area (Å²) >= 11 is 6.03. The van der Waals surface area contributed by atoms with Crippen molar-refractivity contribution in [2.24, 2.45) is 0 Å². The summed E-state index contributed by atoms with van der Waals surface area (Å²) in [4.78, 5) is 23.1. The number of carboxylic acids is 1. The molecule has 1 rings (SSSR count). The van der Waals surface area contributed by atoms with Crippen LogP contribution in [0.1, 0.15) is 31.1 Å². The largest absolute Gasteiger partial charge is 0.478 e. The summed E-state index contributed by atoms with van der Waals surface area (Å²) in [6.07, 6.45) is 0. The van der Waals surface area contributed by atoms with E-state index in [1.807, 2.05) is 0 Å². The summed E-state index contributed by atoms with van der Waals surface area (Å²) in [6, 6.07) is 2.08. The number of nitro benzene ring substituents is 1. The average molecular weight is 317 g/mol. The molecule has 0 amide bonds. The maximum Gasteiger partial charge on any atom is 0.338 e. The molecule has 0 aromatic heterocycles. The Morgan fingerprint density at radius 2 is 2.05 bits per heavy atom. The Balaban J connectivity index is 3.45. The molecular weight excluding hydrogens is 300 g/mol. The van der Waals surface area contributed by atoms with Gasteiger partial charge in [0.1, 0.15) is 0 Å². The van der Waals surface area contributed by atoms with E-state index in [1.54, 1.807) is 25.7 Å². The van der Waals surface area contributed by atoms with E-state index in [1.165, 1.54) is 0 Å². The van der Waals surface area contributed by atoms with Gasteiger partial charge < -0.3 is 15.1 Å². The van der Waals surface area contributed by atoms with Crippen molar-refractivity contribution in [2.45, 2.75) is 26.4 Å². The van der Waals surface area contributed by atoms with Crippen molar-refractivity contribution in [2.75, 3.05) is 18.0 Å². The molecular formula is C13H17ClN2O5. The molecule has 8 heteroatoms. The van der Waals surface area contributed by atoms with Gasteiger partial charge in [-0.25, -0.2) is 4.79 Å². The van der Waals surface area contributed by atoms with Crippen LogP contribution in [-0.4, -0.2) is 39.8 Å². The van der Waals surface area contributed by atoms with Gasteiger partial charge in [-0.1, -0.05) is 11.6 Å². The van der Waals surface area contributed by atoms with E-state index in [-0.39, 0.29) is 28.5 Å². The van der Waals surface area contributed by atoms with Crippen LogP contribution in [0.3, 0.4) is 0 Å². The molecule has 0 heterocycles. The highest BCUT2D eigenvalue weighted by Crippen LogP contribution is 2.35. The Bertz CT molecular complexity index is 568. The van der Waals surface area contributed by atoms with Crippen LogP contribution in [0.2, 0.25) is 5.02 Å². The highest BCUT2D eigenvalue weighted by Gasteiger charge is 2.26. The molecule has 116 valence electrons. The predicted molar refractivity (Wildman–Crippen MR) is 79.3 cm³/mol. The number of hydrogen-bond acceptors (Lipinski definition) is 5. The minimum absolute atomic E-state index is 0.0345. The first-order valence-electron chi connectivity index (χ1n) is 6.25. The molecule has 0 saturated carbocycles. The number of non-ortho nitro benzene ring substituents is 1. The van der Waals surface area contributed by atoms with E-state index in [4.69, 9.17) is 11.6 Å². The molecule has 2 N–H and O–H groups in total. The van der Waals surface area contributed by atoms with Crippen LogP contribution in [-0.2, 0) is 0 Å². The Hall–Kier alpha value is -1.86. The van der Waals surface area contributed by atoms with Gasteiger partial charge in [-0.3, -0.25) is 10.1 Å². The molecule has 0 fully saturated rings. The number of nitrogens with zero attached hydrogens (tertiary/aromatic N) is 2. The minimum Gasteiger partial charge on any atom is -0.478 e. The molecule has 0 aliphatic heterocycles. The van der Waals surface area contributed by atoms with Gasteiger partial charge in [0.2, 0.25) is 0 Å². The summed E-state index contributed by atoms with van der Waals surface area (Å²) in [5, 5.41) is 29.9. The number of carboxylic acid groups (broad SMARTS) is 1. The van der Waals surface area contributed by atoms with Crippen LogP contribution in [0.25, 0.3) is 0 Å². The van der Waals surface area contributed by atoms with Gasteiger partial charge >= 0.3 is 5.97 Å². The zero-order valence-electron chi connectivity index (χ0n) is 12.0. The number of nitro groups is 1. The first-order valence-corrected chi connectivity index (χ1v) is 6.63. The molecule has 0 aliphatic rings. The number of rotatable bonds is 6. The first kappa shape index (κ1) is 17.2. The summed E-state index contributed by atoms with van der Waals surface area (Å²) in [6.45, 7) is 5.46. The van der Waals surface area contributed by atoms with Crippen LogP contribution in [0.15, 0.2) is 12.1 Å². The van der Waals surface area contributed by atoms with Crippen LogP contribution < -0.4 is 4.90 Å². The maximum atomic E-state index is 11.4. The predicted octanol–water partition coefficient (Wildman–Crippen LogP) is 2.54. The molecule has 0 spiro atoms. The summed E-state index contributed by atoms with van der Waals surface area (Å²) in [5.74, 6) is -1.32. The summed E-state index contributed by atoms with van der Waals surface area (Å²) in [7, 11) is 0. The Morgan fingerprint density at radius 1 is 1.48 bits per heavy atom. The van der Waals surface area contributed by atoms with Crippen LogP contribution in [0.5, 0.6) is 0 Å². The van der Waals surface area contributed by atoms with Gasteiger partial charge in [0.05, 0.1) is 26.8 Å². The van der Waals surface area contributed by atoms with E-state index in [2.05, 4.69) is 0 Å². The lowest BCUT2D eigenvalue weighted by molar-refractivity contribution is -0.384. The quantitative estimate of drug-likeness (QED) is 0.617. The highest BCUT2D eigenvalue weighted by molar-refractivity contribution is 6.34. The van der Waals surface area contributed by atoms with Crippen molar-refractivity contribution in [3.05, 3.63) is 32.8 Å². The van der Waals surface area contributed by atoms with Crippen LogP contribution in [0, 0.1) is 10.1 Å². The maximum absolute atomic E-state index is 11.4. The molecule has 1 aromatic rings. The second-order valence-electron chi connectivity index (χ2n) is 5.21. The molecule has 0 radical (unpaired) electrons. The van der Waals surface area contributed by atoms with E-state index >= 15 is 0 Å². The second kappa shape index (κ2) is 6.28. The molecule has 7 nitrogen and oxygen atoms in total. The van der Waals surface area contributed by atoms with Crippen molar-refractivity contribution < 1.29 is 19.9 Å². The highest BCUT2D eigenvalue weighted by atomic mass is 35.5. The van der Waals surface area contributed by atoms with Gasteiger partial charge in [0, 0.05) is 25.2 Å². The summed E-state index contributed by atoms with van der Waals surface area (Å²) < 4.78 is 0. The van der Waals surface area contributed by atoms with Gasteiger partial charge in [0.15, 0.2) is 0 Å². The van der Waals surface area contributed by atoms with Gasteiger partial charge in [-0.2, -0.15) is 0 Å². The van der Waals surface area contributed by atoms with E-state index < -0.39 is 16.5 Å². The third kappa shape index (κ3) is 4.30. The minimum atomic E-state index is -1.32. The Morgan fingerprint density at radius 3 is 2.43 bits per heavy atom. The zero-order chi connectivity index (χ0) is 16.4. The lowest BCUT2D eigenvalue weighted by Crippen LogP contribution is -2.39. The zero-order valence-corrected chi connectivity index (χ0v) is 12.7. The van der Waals surface area contributed by atoms with Gasteiger partial charge in [0.25, 0.3) is 5.69 Å². The van der Waals surface area contributed by atoms with Crippen molar-refractivity contribution in [3.8, 4) is 0 Å². The monoisotopic (exact) mass is 316 g/mol. The number of aromatic carboxylic acids is 1. The molecule has 0 unspecified atom stereocenters. The number of carbonyl (C=O) groups is 1. The fourth-order valence-electron chi connectivity index (χ4n) is 1.99. The number of aliphatic hydroxyl groups is 1. The Labute approximate surface area is 126 Å². The number of benzene rings is 1. The fraction of sp³-hybridized carbons (Fsp3) is 0.462. The molecule has 0 bridgehead atoms. The lowest BCUT2D eigenvalue weighted by atomic mass is 10.1. The summed E-state index contributed by atoms with van der Waals surface area (Å²) in [5.41, 5.74) is -1.56. The fourth-order valence-corrected chi connectivity index (χ4v) is 2.32. The molecule has 0 aliphatic carbocycles. The number of halogens is 1. The average Bonchev–Trinajstić information content (AvgIpc) is 2.33. The van der Waals surface area contributed by atoms with Crippen molar-refractivity contribution in [1.82, 2.24) is 0 Å². The number of hydrogen-bond donors (Lipinski definition) is 2. The van der Waals surface area contributed by atoms with Crippen LogP contribution in [0.4, 0.5) is 11.4 Å². The lowest BCUT2D eigenvalue weighted by Gasteiger charge is -2.31. The standard InChI is InChI=1S/C13H17ClN2O5/c1-4-15(7-13(2,3)19)11-9(12(17)18)5-8(16(20)21)6-10(11)14/h5-6,19H,4,7H2,1-3H3,(H,17,18). The topological polar surface area (TPSA) is 104 Å². The van der Waals surface area contributed by atoms with E-state index in [0.717, 1.165) is 12.1 Å².